The third kappa shape index (κ3) is 4.31. The average molecular weight is 251 g/mol. The van der Waals surface area contributed by atoms with E-state index >= 15 is 0 Å². The van der Waals surface area contributed by atoms with Crippen molar-refractivity contribution in [2.75, 3.05) is 20.3 Å². The number of rotatable bonds is 5. The Labute approximate surface area is 110 Å². The standard InChI is InChI=1S/C15H25NO2/c1-11-6-7-13(15(2,3)4)14(8-11)18-10-12(16)9-17-5/h6-8,12H,9-10,16H2,1-5H3. The lowest BCUT2D eigenvalue weighted by atomic mass is 9.86. The fourth-order valence-electron chi connectivity index (χ4n) is 1.83. The fraction of sp³-hybridized carbons (Fsp3) is 0.600. The van der Waals surface area contributed by atoms with Gasteiger partial charge in [0.25, 0.3) is 0 Å². The maximum atomic E-state index is 5.88. The lowest BCUT2D eigenvalue weighted by Gasteiger charge is -2.24. The minimum Gasteiger partial charge on any atom is -0.492 e. The summed E-state index contributed by atoms with van der Waals surface area (Å²) >= 11 is 0. The first-order valence-corrected chi connectivity index (χ1v) is 6.33. The van der Waals surface area contributed by atoms with E-state index in [-0.39, 0.29) is 11.5 Å². The van der Waals surface area contributed by atoms with E-state index in [1.54, 1.807) is 7.11 Å². The Bertz CT molecular complexity index is 383. The van der Waals surface area contributed by atoms with E-state index < -0.39 is 0 Å². The van der Waals surface area contributed by atoms with Gasteiger partial charge in [-0.1, -0.05) is 32.9 Å². The molecular formula is C15H25NO2. The Balaban J connectivity index is 2.83. The molecule has 0 saturated carbocycles. The molecule has 0 spiro atoms. The minimum absolute atomic E-state index is 0.0639. The minimum atomic E-state index is -0.0941. The molecule has 3 nitrogen and oxygen atoms in total. The largest absolute Gasteiger partial charge is 0.492 e. The van der Waals surface area contributed by atoms with Gasteiger partial charge in [0, 0.05) is 7.11 Å². The zero-order chi connectivity index (χ0) is 13.8. The summed E-state index contributed by atoms with van der Waals surface area (Å²) in [4.78, 5) is 0. The molecule has 0 radical (unpaired) electrons. The Hall–Kier alpha value is -1.06. The summed E-state index contributed by atoms with van der Waals surface area (Å²) in [6.07, 6.45) is 0. The second-order valence-corrected chi connectivity index (χ2v) is 5.78. The van der Waals surface area contributed by atoms with Crippen molar-refractivity contribution in [3.63, 3.8) is 0 Å². The van der Waals surface area contributed by atoms with Gasteiger partial charge in [0.05, 0.1) is 12.6 Å². The van der Waals surface area contributed by atoms with Crippen molar-refractivity contribution in [2.24, 2.45) is 5.73 Å². The molecule has 0 aliphatic heterocycles. The third-order valence-electron chi connectivity index (χ3n) is 2.78. The Morgan fingerprint density at radius 1 is 1.22 bits per heavy atom. The van der Waals surface area contributed by atoms with E-state index in [2.05, 4.69) is 45.9 Å². The first-order valence-electron chi connectivity index (χ1n) is 6.33. The van der Waals surface area contributed by atoms with Crippen LogP contribution in [0.4, 0.5) is 0 Å². The van der Waals surface area contributed by atoms with E-state index in [9.17, 15) is 0 Å². The SMILES string of the molecule is COCC(N)COc1cc(C)ccc1C(C)(C)C. The Morgan fingerprint density at radius 3 is 2.44 bits per heavy atom. The van der Waals surface area contributed by atoms with Crippen LogP contribution in [0.15, 0.2) is 18.2 Å². The number of aryl methyl sites for hydroxylation is 1. The van der Waals surface area contributed by atoms with E-state index in [0.29, 0.717) is 13.2 Å². The van der Waals surface area contributed by atoms with Gasteiger partial charge in [0.15, 0.2) is 0 Å². The molecule has 3 heteroatoms. The van der Waals surface area contributed by atoms with Crippen LogP contribution in [0.1, 0.15) is 31.9 Å². The number of hydrogen-bond acceptors (Lipinski definition) is 3. The van der Waals surface area contributed by atoms with Crippen LogP contribution >= 0.6 is 0 Å². The summed E-state index contributed by atoms with van der Waals surface area (Å²) in [5.41, 5.74) is 8.34. The van der Waals surface area contributed by atoms with Gasteiger partial charge in [-0.3, -0.25) is 0 Å². The first-order chi connectivity index (χ1) is 8.34. The van der Waals surface area contributed by atoms with Gasteiger partial charge < -0.3 is 15.2 Å². The van der Waals surface area contributed by atoms with Gasteiger partial charge in [0.2, 0.25) is 0 Å². The average Bonchev–Trinajstić information content (AvgIpc) is 2.25. The number of benzene rings is 1. The Morgan fingerprint density at radius 2 is 1.89 bits per heavy atom. The predicted molar refractivity (Wildman–Crippen MR) is 75.2 cm³/mol. The van der Waals surface area contributed by atoms with Crippen LogP contribution < -0.4 is 10.5 Å². The maximum Gasteiger partial charge on any atom is 0.123 e. The van der Waals surface area contributed by atoms with Crippen LogP contribution in [-0.2, 0) is 10.2 Å². The highest BCUT2D eigenvalue weighted by molar-refractivity contribution is 5.41. The summed E-state index contributed by atoms with van der Waals surface area (Å²) in [6.45, 7) is 9.59. The van der Waals surface area contributed by atoms with E-state index in [0.717, 1.165) is 5.75 Å². The summed E-state index contributed by atoms with van der Waals surface area (Å²) < 4.78 is 10.9. The molecular weight excluding hydrogens is 226 g/mol. The van der Waals surface area contributed by atoms with Crippen molar-refractivity contribution in [3.8, 4) is 5.75 Å². The van der Waals surface area contributed by atoms with E-state index in [1.165, 1.54) is 11.1 Å². The molecule has 1 aromatic rings. The Kier molecular flexibility index (Phi) is 5.17. The van der Waals surface area contributed by atoms with Crippen molar-refractivity contribution in [1.29, 1.82) is 0 Å². The van der Waals surface area contributed by atoms with Crippen molar-refractivity contribution in [3.05, 3.63) is 29.3 Å². The lowest BCUT2D eigenvalue weighted by molar-refractivity contribution is 0.152. The van der Waals surface area contributed by atoms with Crippen LogP contribution in [0.2, 0.25) is 0 Å². The van der Waals surface area contributed by atoms with Gasteiger partial charge in [0.1, 0.15) is 12.4 Å². The fourth-order valence-corrected chi connectivity index (χ4v) is 1.83. The number of hydrogen-bond donors (Lipinski definition) is 1. The molecule has 1 aromatic carbocycles. The molecule has 0 bridgehead atoms. The highest BCUT2D eigenvalue weighted by Gasteiger charge is 2.19. The number of ether oxygens (including phenoxy) is 2. The molecule has 1 unspecified atom stereocenters. The first kappa shape index (κ1) is 15.0. The molecule has 0 aliphatic rings. The van der Waals surface area contributed by atoms with Crippen molar-refractivity contribution in [2.45, 2.75) is 39.2 Å². The summed E-state index contributed by atoms with van der Waals surface area (Å²) in [5.74, 6) is 0.925. The molecule has 1 rings (SSSR count). The molecule has 0 amide bonds. The van der Waals surface area contributed by atoms with Crippen molar-refractivity contribution < 1.29 is 9.47 Å². The summed E-state index contributed by atoms with van der Waals surface area (Å²) in [7, 11) is 1.65. The zero-order valence-electron chi connectivity index (χ0n) is 12.1. The van der Waals surface area contributed by atoms with Gasteiger partial charge in [-0.05, 0) is 29.5 Å². The van der Waals surface area contributed by atoms with Crippen molar-refractivity contribution >= 4 is 0 Å². The quantitative estimate of drug-likeness (QED) is 0.875. The lowest BCUT2D eigenvalue weighted by Crippen LogP contribution is -2.32. The van der Waals surface area contributed by atoms with Crippen LogP contribution in [0.25, 0.3) is 0 Å². The molecule has 2 N–H and O–H groups in total. The van der Waals surface area contributed by atoms with E-state index in [4.69, 9.17) is 15.2 Å². The molecule has 18 heavy (non-hydrogen) atoms. The second kappa shape index (κ2) is 6.21. The molecule has 0 fully saturated rings. The van der Waals surface area contributed by atoms with Crippen molar-refractivity contribution in [1.82, 2.24) is 0 Å². The van der Waals surface area contributed by atoms with Crippen LogP contribution in [0, 0.1) is 6.92 Å². The second-order valence-electron chi connectivity index (χ2n) is 5.78. The molecule has 102 valence electrons. The highest BCUT2D eigenvalue weighted by atomic mass is 16.5. The van der Waals surface area contributed by atoms with Gasteiger partial charge >= 0.3 is 0 Å². The zero-order valence-corrected chi connectivity index (χ0v) is 12.1. The normalized spacial score (nSPS) is 13.4. The molecule has 0 aromatic heterocycles. The highest BCUT2D eigenvalue weighted by Crippen LogP contribution is 2.32. The molecule has 0 saturated heterocycles. The number of methoxy groups -OCH3 is 1. The third-order valence-corrected chi connectivity index (χ3v) is 2.78. The van der Waals surface area contributed by atoms with Gasteiger partial charge in [-0.15, -0.1) is 0 Å². The maximum absolute atomic E-state index is 5.88. The van der Waals surface area contributed by atoms with Gasteiger partial charge in [-0.25, -0.2) is 0 Å². The smallest absolute Gasteiger partial charge is 0.123 e. The summed E-state index contributed by atoms with van der Waals surface area (Å²) in [6, 6.07) is 6.22. The topological polar surface area (TPSA) is 44.5 Å². The van der Waals surface area contributed by atoms with Crippen LogP contribution in [0.5, 0.6) is 5.75 Å². The number of nitrogens with two attached hydrogens (primary N) is 1. The molecule has 1 atom stereocenters. The van der Waals surface area contributed by atoms with E-state index in [1.807, 2.05) is 0 Å². The van der Waals surface area contributed by atoms with Crippen LogP contribution in [-0.4, -0.2) is 26.4 Å². The van der Waals surface area contributed by atoms with Crippen LogP contribution in [0.3, 0.4) is 0 Å². The monoisotopic (exact) mass is 251 g/mol. The summed E-state index contributed by atoms with van der Waals surface area (Å²) in [5, 5.41) is 0. The van der Waals surface area contributed by atoms with Gasteiger partial charge in [-0.2, -0.15) is 0 Å². The molecule has 0 heterocycles. The molecule has 0 aliphatic carbocycles. The predicted octanol–water partition coefficient (Wildman–Crippen LogP) is 2.65.